The van der Waals surface area contributed by atoms with E-state index >= 15 is 0 Å². The van der Waals surface area contributed by atoms with Gasteiger partial charge in [-0.25, -0.2) is 4.68 Å². The first kappa shape index (κ1) is 36.9. The van der Waals surface area contributed by atoms with Crippen molar-refractivity contribution in [3.05, 3.63) is 64.1 Å². The summed E-state index contributed by atoms with van der Waals surface area (Å²) in [5, 5.41) is 8.52. The number of hydrogen-bond donors (Lipinski definition) is 2. The number of alkyl halides is 3. The van der Waals surface area contributed by atoms with Gasteiger partial charge in [-0.05, 0) is 84.9 Å². The van der Waals surface area contributed by atoms with E-state index in [1.54, 1.807) is 6.07 Å². The van der Waals surface area contributed by atoms with Gasteiger partial charge in [0.25, 0.3) is 17.4 Å². The van der Waals surface area contributed by atoms with Gasteiger partial charge in [-0.15, -0.1) is 0 Å². The van der Waals surface area contributed by atoms with E-state index in [9.17, 15) is 32.3 Å². The van der Waals surface area contributed by atoms with Gasteiger partial charge in [0.05, 0.1) is 5.39 Å². The summed E-state index contributed by atoms with van der Waals surface area (Å²) in [7, 11) is 0. The lowest BCUT2D eigenvalue weighted by atomic mass is 9.52. The van der Waals surface area contributed by atoms with Crippen LogP contribution in [-0.4, -0.2) is 84.3 Å². The number of carbonyl (C=O) groups excluding carboxylic acids is 3. The number of hydrogen-bond acceptors (Lipinski definition) is 8. The van der Waals surface area contributed by atoms with Crippen LogP contribution < -0.4 is 26.0 Å². The maximum absolute atomic E-state index is 14.3. The Hall–Kier alpha value is -4.46. The summed E-state index contributed by atoms with van der Waals surface area (Å²) >= 11 is 0. The Bertz CT molecular complexity index is 1950. The Labute approximate surface area is 306 Å². The molecule has 53 heavy (non-hydrogen) atoms. The Kier molecular flexibility index (Phi) is 9.57. The summed E-state index contributed by atoms with van der Waals surface area (Å²) in [5.41, 5.74) is 0.518. The van der Waals surface area contributed by atoms with Gasteiger partial charge in [-0.1, -0.05) is 27.7 Å². The molecule has 3 aromatic rings. The third-order valence-electron chi connectivity index (χ3n) is 11.8. The van der Waals surface area contributed by atoms with Crippen molar-refractivity contribution in [3.8, 4) is 0 Å². The number of fused-ring (bicyclic) bond motifs is 1. The fourth-order valence-corrected chi connectivity index (χ4v) is 9.44. The van der Waals surface area contributed by atoms with Crippen molar-refractivity contribution in [3.63, 3.8) is 0 Å². The summed E-state index contributed by atoms with van der Waals surface area (Å²) < 4.78 is 43.5. The molecule has 11 nitrogen and oxygen atoms in total. The predicted octanol–water partition coefficient (Wildman–Crippen LogP) is 4.99. The molecule has 7 rings (SSSR count). The molecule has 4 heterocycles. The van der Waals surface area contributed by atoms with Gasteiger partial charge in [0.2, 0.25) is 5.91 Å². The largest absolute Gasteiger partial charge is 0.435 e. The minimum absolute atomic E-state index is 0.0267. The molecule has 1 unspecified atom stereocenters. The Balaban J connectivity index is 0.931. The van der Waals surface area contributed by atoms with E-state index < -0.39 is 35.3 Å². The van der Waals surface area contributed by atoms with Crippen LogP contribution in [0.15, 0.2) is 47.3 Å². The molecule has 14 heteroatoms. The average molecular weight is 736 g/mol. The van der Waals surface area contributed by atoms with Crippen molar-refractivity contribution in [2.24, 2.45) is 16.7 Å². The van der Waals surface area contributed by atoms with Crippen LogP contribution in [0.1, 0.15) is 81.9 Å². The summed E-state index contributed by atoms with van der Waals surface area (Å²) in [6, 6.07) is 11.2. The Morgan fingerprint density at radius 1 is 0.849 bits per heavy atom. The van der Waals surface area contributed by atoms with E-state index in [4.69, 9.17) is 0 Å². The van der Waals surface area contributed by atoms with E-state index in [0.29, 0.717) is 34.9 Å². The fourth-order valence-electron chi connectivity index (χ4n) is 9.44. The van der Waals surface area contributed by atoms with Gasteiger partial charge in [-0.2, -0.15) is 18.3 Å². The van der Waals surface area contributed by atoms with Gasteiger partial charge in [-0.3, -0.25) is 29.4 Å². The smallest absolute Gasteiger partial charge is 0.372 e. The van der Waals surface area contributed by atoms with Crippen LogP contribution in [0.25, 0.3) is 10.8 Å². The Morgan fingerprint density at radius 3 is 2.08 bits per heavy atom. The highest BCUT2D eigenvalue weighted by molar-refractivity contribution is 5.99. The molecule has 3 saturated heterocycles. The first-order chi connectivity index (χ1) is 25.0. The van der Waals surface area contributed by atoms with E-state index in [1.165, 1.54) is 12.1 Å². The lowest BCUT2D eigenvalue weighted by Crippen LogP contribution is -2.63. The number of benzene rings is 2. The zero-order valence-electron chi connectivity index (χ0n) is 30.8. The number of amides is 3. The SMILES string of the molecule is CC1(C)CC(C)(C)C1NC(=O)c1ccc(N2CCC(CN3CCN(c4ccc5c(=O)n(C6CCC(=O)NC6=O)nc(C(F)(F)F)c5c4)CC3)CC2)cc1. The highest BCUT2D eigenvalue weighted by atomic mass is 19.4. The van der Waals surface area contributed by atoms with Gasteiger partial charge >= 0.3 is 6.18 Å². The predicted molar refractivity (Wildman–Crippen MR) is 196 cm³/mol. The zero-order chi connectivity index (χ0) is 37.9. The molecular weight excluding hydrogens is 687 g/mol. The normalized spacial score (nSPS) is 22.8. The van der Waals surface area contributed by atoms with Crippen LogP contribution in [0.2, 0.25) is 0 Å². The molecule has 4 aliphatic rings. The maximum Gasteiger partial charge on any atom is 0.435 e. The van der Waals surface area contributed by atoms with Gasteiger partial charge in [0, 0.05) is 80.6 Å². The molecular formula is C39H48F3N7O4. The van der Waals surface area contributed by atoms with Gasteiger partial charge < -0.3 is 15.1 Å². The van der Waals surface area contributed by atoms with E-state index in [1.807, 2.05) is 29.2 Å². The number of aromatic nitrogens is 2. The fraction of sp³-hybridized carbons (Fsp3) is 0.564. The van der Waals surface area contributed by atoms with Crippen LogP contribution in [0.5, 0.6) is 0 Å². The van der Waals surface area contributed by atoms with Crippen molar-refractivity contribution in [2.75, 3.05) is 55.6 Å². The monoisotopic (exact) mass is 735 g/mol. The van der Waals surface area contributed by atoms with E-state index in [-0.39, 0.29) is 46.4 Å². The quantitative estimate of drug-likeness (QED) is 0.326. The first-order valence-corrected chi connectivity index (χ1v) is 18.6. The van der Waals surface area contributed by atoms with Crippen molar-refractivity contribution in [1.29, 1.82) is 0 Å². The van der Waals surface area contributed by atoms with Crippen LogP contribution in [0.3, 0.4) is 0 Å². The third-order valence-corrected chi connectivity index (χ3v) is 11.8. The standard InChI is InChI=1S/C39H48F3N7O4/c1-37(2)23-38(3,4)36(37)44-33(51)25-5-7-26(8-6-25)47-15-13-24(14-16-47)22-46-17-19-48(20-18-46)27-9-10-28-29(21-27)32(39(40,41)42)45-49(35(28)53)30-11-12-31(50)43-34(30)52/h5-10,21,24,30,36H,11-20,22-23H2,1-4H3,(H,44,51)(H,43,50,52). The number of anilines is 2. The van der Waals surface area contributed by atoms with E-state index in [0.717, 1.165) is 57.7 Å². The van der Waals surface area contributed by atoms with Gasteiger partial charge in [0.15, 0.2) is 5.69 Å². The molecule has 0 bridgehead atoms. The molecule has 1 aliphatic carbocycles. The lowest BCUT2D eigenvalue weighted by Gasteiger charge is -2.57. The van der Waals surface area contributed by atoms with Crippen LogP contribution in [0.4, 0.5) is 24.5 Å². The molecule has 1 atom stereocenters. The van der Waals surface area contributed by atoms with Crippen molar-refractivity contribution < 1.29 is 27.6 Å². The molecule has 2 N–H and O–H groups in total. The second kappa shape index (κ2) is 13.7. The summed E-state index contributed by atoms with van der Waals surface area (Å²) in [5.74, 6) is -0.872. The maximum atomic E-state index is 14.3. The molecule has 1 saturated carbocycles. The number of rotatable bonds is 7. The van der Waals surface area contributed by atoms with Crippen molar-refractivity contribution in [1.82, 2.24) is 25.3 Å². The molecule has 284 valence electrons. The molecule has 2 aromatic carbocycles. The number of nitrogens with one attached hydrogen (secondary N) is 2. The molecule has 3 aliphatic heterocycles. The summed E-state index contributed by atoms with van der Waals surface area (Å²) in [6.45, 7) is 14.4. The second-order valence-corrected chi connectivity index (χ2v) is 16.6. The highest BCUT2D eigenvalue weighted by Crippen LogP contribution is 2.53. The van der Waals surface area contributed by atoms with E-state index in [2.05, 4.69) is 53.2 Å². The number of piperazine rings is 1. The van der Waals surface area contributed by atoms with Crippen LogP contribution in [0, 0.1) is 16.7 Å². The average Bonchev–Trinajstić information content (AvgIpc) is 3.10. The molecule has 3 amide bonds. The minimum Gasteiger partial charge on any atom is -0.372 e. The molecule has 1 aromatic heterocycles. The first-order valence-electron chi connectivity index (χ1n) is 18.6. The Morgan fingerprint density at radius 2 is 1.47 bits per heavy atom. The van der Waals surface area contributed by atoms with Crippen molar-refractivity contribution in [2.45, 2.75) is 78.1 Å². The minimum atomic E-state index is -4.87. The van der Waals surface area contributed by atoms with Crippen LogP contribution >= 0.6 is 0 Å². The number of imide groups is 1. The molecule has 0 radical (unpaired) electrons. The summed E-state index contributed by atoms with van der Waals surface area (Å²) in [6.07, 6.45) is -1.90. The zero-order valence-corrected chi connectivity index (χ0v) is 30.8. The topological polar surface area (TPSA) is 120 Å². The highest BCUT2D eigenvalue weighted by Gasteiger charge is 2.53. The number of nitrogens with zero attached hydrogens (tertiary/aromatic N) is 5. The number of halogens is 3. The second-order valence-electron chi connectivity index (χ2n) is 16.6. The summed E-state index contributed by atoms with van der Waals surface area (Å²) in [4.78, 5) is 57.1. The lowest BCUT2D eigenvalue weighted by molar-refractivity contribution is -0.143. The van der Waals surface area contributed by atoms with Crippen LogP contribution in [-0.2, 0) is 15.8 Å². The van der Waals surface area contributed by atoms with Crippen molar-refractivity contribution >= 4 is 39.9 Å². The molecule has 4 fully saturated rings. The van der Waals surface area contributed by atoms with Gasteiger partial charge in [0.1, 0.15) is 6.04 Å². The number of piperidine rings is 2. The molecule has 0 spiro atoms. The third kappa shape index (κ3) is 7.39. The number of carbonyl (C=O) groups is 3.